The van der Waals surface area contributed by atoms with Gasteiger partial charge in [-0.2, -0.15) is 13.2 Å². The molecule has 0 bridgehead atoms. The van der Waals surface area contributed by atoms with Gasteiger partial charge in [0, 0.05) is 24.0 Å². The highest BCUT2D eigenvalue weighted by Crippen LogP contribution is 2.40. The summed E-state index contributed by atoms with van der Waals surface area (Å²) in [4.78, 5) is 4.28. The molecule has 0 saturated heterocycles. The van der Waals surface area contributed by atoms with Gasteiger partial charge in [0.25, 0.3) is 0 Å². The Kier molecular flexibility index (Phi) is 6.25. The Bertz CT molecular complexity index is 1310. The molecule has 3 heterocycles. The zero-order valence-electron chi connectivity index (χ0n) is 16.0. The van der Waals surface area contributed by atoms with E-state index in [1.54, 1.807) is 13.0 Å². The summed E-state index contributed by atoms with van der Waals surface area (Å²) in [6.07, 6.45) is -2.93. The van der Waals surface area contributed by atoms with E-state index in [0.717, 1.165) is 23.6 Å². The summed E-state index contributed by atoms with van der Waals surface area (Å²) in [6.45, 7) is 1.62. The van der Waals surface area contributed by atoms with Crippen LogP contribution in [-0.4, -0.2) is 37.4 Å². The summed E-state index contributed by atoms with van der Waals surface area (Å²) in [5.74, 6) is 0.307. The number of halogens is 6. The number of hydrogen-bond donors (Lipinski definition) is 1. The molecule has 0 amide bonds. The molecule has 0 spiro atoms. The van der Waals surface area contributed by atoms with Gasteiger partial charge in [-0.05, 0) is 19.1 Å². The maximum Gasteiger partial charge on any atom is 0.417 e. The number of fused-ring (bicyclic) bond motifs is 1. The van der Waals surface area contributed by atoms with Gasteiger partial charge in [0.1, 0.15) is 23.1 Å². The van der Waals surface area contributed by atoms with E-state index in [2.05, 4.69) is 15.2 Å². The molecule has 0 aliphatic heterocycles. The largest absolute Gasteiger partial charge is 0.489 e. The van der Waals surface area contributed by atoms with E-state index in [-0.39, 0.29) is 22.3 Å². The average Bonchev–Trinajstić information content (AvgIpc) is 3.34. The summed E-state index contributed by atoms with van der Waals surface area (Å²) < 4.78 is 45.8. The third-order valence-electron chi connectivity index (χ3n) is 4.21. The molecule has 6 nitrogen and oxygen atoms in total. The summed E-state index contributed by atoms with van der Waals surface area (Å²) >= 11 is 19.7. The van der Waals surface area contributed by atoms with Crippen LogP contribution in [0.1, 0.15) is 12.5 Å². The Labute approximate surface area is 198 Å². The number of hydrogen-bond acceptors (Lipinski definition) is 6. The number of benzene rings is 1. The van der Waals surface area contributed by atoms with Crippen LogP contribution in [0.15, 0.2) is 30.6 Å². The molecular formula is C19H12Cl3F3N4O2S. The minimum Gasteiger partial charge on any atom is -0.489 e. The minimum absolute atomic E-state index is 0.0465. The van der Waals surface area contributed by atoms with Crippen molar-refractivity contribution in [1.82, 2.24) is 19.6 Å². The van der Waals surface area contributed by atoms with Crippen molar-refractivity contribution in [3.63, 3.8) is 0 Å². The van der Waals surface area contributed by atoms with Gasteiger partial charge in [0.05, 0.1) is 26.7 Å². The maximum atomic E-state index is 13.0. The number of imidazole rings is 1. The normalized spacial score (nSPS) is 13.0. The summed E-state index contributed by atoms with van der Waals surface area (Å²) in [5, 5.41) is 18.7. The molecular weight excluding hydrogens is 512 g/mol. The van der Waals surface area contributed by atoms with E-state index in [1.165, 1.54) is 16.7 Å². The van der Waals surface area contributed by atoms with Gasteiger partial charge in [-0.3, -0.25) is 0 Å². The molecule has 1 N–H and O–H groups in total. The Morgan fingerprint density at radius 3 is 2.47 bits per heavy atom. The molecule has 0 radical (unpaired) electrons. The predicted octanol–water partition coefficient (Wildman–Crippen LogP) is 6.26. The molecule has 3 aromatic heterocycles. The fraction of sp³-hybridized carbons (Fsp3) is 0.211. The molecule has 168 valence electrons. The van der Waals surface area contributed by atoms with Crippen LogP contribution in [0, 0.1) is 0 Å². The molecule has 0 saturated carbocycles. The lowest BCUT2D eigenvalue weighted by Crippen LogP contribution is -2.12. The number of aromatic nitrogens is 4. The number of rotatable bonds is 5. The van der Waals surface area contributed by atoms with E-state index >= 15 is 0 Å². The summed E-state index contributed by atoms with van der Waals surface area (Å²) in [6, 6.07) is 3.88. The van der Waals surface area contributed by atoms with Gasteiger partial charge in [0.15, 0.2) is 10.7 Å². The standard InChI is InChI=1S/C19H12Cl3F3N4O2S/c1-8(30)7-31-15-4-11(20)10(3-12(15)21)17-27-28-18(32-17)14-6-29-5-9(19(23,24)25)2-13(22)16(29)26-14/h2-6,8,30H,7H2,1H3. The summed E-state index contributed by atoms with van der Waals surface area (Å²) in [7, 11) is 0. The van der Waals surface area contributed by atoms with Crippen LogP contribution < -0.4 is 4.74 Å². The highest BCUT2D eigenvalue weighted by Gasteiger charge is 2.32. The van der Waals surface area contributed by atoms with Crippen LogP contribution in [0.25, 0.3) is 26.9 Å². The van der Waals surface area contributed by atoms with Gasteiger partial charge in [-0.15, -0.1) is 10.2 Å². The van der Waals surface area contributed by atoms with E-state index in [0.29, 0.717) is 32.0 Å². The summed E-state index contributed by atoms with van der Waals surface area (Å²) in [5.41, 5.74) is 0.0587. The molecule has 13 heteroatoms. The van der Waals surface area contributed by atoms with E-state index in [9.17, 15) is 18.3 Å². The van der Waals surface area contributed by atoms with Crippen LogP contribution in [0.3, 0.4) is 0 Å². The molecule has 0 aliphatic rings. The fourth-order valence-electron chi connectivity index (χ4n) is 2.76. The van der Waals surface area contributed by atoms with Crippen molar-refractivity contribution in [3.8, 4) is 27.0 Å². The third-order valence-corrected chi connectivity index (χ3v) is 6.08. The highest BCUT2D eigenvalue weighted by atomic mass is 35.5. The first kappa shape index (κ1) is 23.1. The third kappa shape index (κ3) is 4.65. The Morgan fingerprint density at radius 2 is 1.78 bits per heavy atom. The van der Waals surface area contributed by atoms with Crippen molar-refractivity contribution in [2.24, 2.45) is 0 Å². The van der Waals surface area contributed by atoms with Crippen molar-refractivity contribution in [2.45, 2.75) is 19.2 Å². The molecule has 1 aromatic carbocycles. The van der Waals surface area contributed by atoms with Crippen LogP contribution in [0.4, 0.5) is 13.2 Å². The lowest BCUT2D eigenvalue weighted by Gasteiger charge is -2.11. The van der Waals surface area contributed by atoms with E-state index in [4.69, 9.17) is 39.5 Å². The van der Waals surface area contributed by atoms with Crippen LogP contribution >= 0.6 is 46.1 Å². The van der Waals surface area contributed by atoms with Crippen molar-refractivity contribution < 1.29 is 23.0 Å². The van der Waals surface area contributed by atoms with Gasteiger partial charge in [-0.1, -0.05) is 46.1 Å². The molecule has 1 unspecified atom stereocenters. The molecule has 0 aliphatic carbocycles. The highest BCUT2D eigenvalue weighted by molar-refractivity contribution is 7.18. The lowest BCUT2D eigenvalue weighted by atomic mass is 10.2. The molecule has 1 atom stereocenters. The monoisotopic (exact) mass is 522 g/mol. The number of aliphatic hydroxyl groups is 1. The first-order valence-corrected chi connectivity index (χ1v) is 10.9. The number of alkyl halides is 3. The predicted molar refractivity (Wildman–Crippen MR) is 117 cm³/mol. The van der Waals surface area contributed by atoms with Crippen LogP contribution in [0.5, 0.6) is 5.75 Å². The lowest BCUT2D eigenvalue weighted by molar-refractivity contribution is -0.137. The van der Waals surface area contributed by atoms with Crippen LogP contribution in [0.2, 0.25) is 15.1 Å². The second-order valence-electron chi connectivity index (χ2n) is 6.77. The van der Waals surface area contributed by atoms with Crippen molar-refractivity contribution in [1.29, 1.82) is 0 Å². The minimum atomic E-state index is -4.54. The number of ether oxygens (including phenoxy) is 1. The SMILES string of the molecule is CC(O)COc1cc(Cl)c(-c2nnc(-c3cn4cc(C(F)(F)F)cc(Cl)c4n3)s2)cc1Cl. The van der Waals surface area contributed by atoms with Gasteiger partial charge < -0.3 is 14.2 Å². The maximum absolute atomic E-state index is 13.0. The van der Waals surface area contributed by atoms with Gasteiger partial charge in [-0.25, -0.2) is 4.98 Å². The van der Waals surface area contributed by atoms with Crippen molar-refractivity contribution >= 4 is 51.8 Å². The van der Waals surface area contributed by atoms with Gasteiger partial charge >= 0.3 is 6.18 Å². The average molecular weight is 524 g/mol. The molecule has 4 rings (SSSR count). The number of pyridine rings is 1. The Hall–Kier alpha value is -2.11. The van der Waals surface area contributed by atoms with Gasteiger partial charge in [0.2, 0.25) is 0 Å². The Balaban J connectivity index is 1.68. The van der Waals surface area contributed by atoms with Crippen molar-refractivity contribution in [2.75, 3.05) is 6.61 Å². The molecule has 0 fully saturated rings. The smallest absolute Gasteiger partial charge is 0.417 e. The van der Waals surface area contributed by atoms with E-state index in [1.807, 2.05) is 0 Å². The first-order chi connectivity index (χ1) is 15.0. The first-order valence-electron chi connectivity index (χ1n) is 8.92. The number of nitrogens with zero attached hydrogens (tertiary/aromatic N) is 4. The van der Waals surface area contributed by atoms with Crippen LogP contribution in [-0.2, 0) is 6.18 Å². The molecule has 4 aromatic rings. The van der Waals surface area contributed by atoms with E-state index < -0.39 is 17.8 Å². The second-order valence-corrected chi connectivity index (χ2v) is 8.97. The molecule has 32 heavy (non-hydrogen) atoms. The zero-order valence-corrected chi connectivity index (χ0v) is 19.1. The van der Waals surface area contributed by atoms with Crippen molar-refractivity contribution in [3.05, 3.63) is 51.2 Å². The topological polar surface area (TPSA) is 72.5 Å². The quantitative estimate of drug-likeness (QED) is 0.334. The number of aliphatic hydroxyl groups excluding tert-OH is 1. The zero-order chi connectivity index (χ0) is 23.2. The Morgan fingerprint density at radius 1 is 1.06 bits per heavy atom. The fourth-order valence-corrected chi connectivity index (χ4v) is 4.37. The second kappa shape index (κ2) is 8.68.